The van der Waals surface area contributed by atoms with Crippen LogP contribution in [0.3, 0.4) is 0 Å². The maximum Gasteiger partial charge on any atom is 0.253 e. The zero-order valence-corrected chi connectivity index (χ0v) is 12.7. The van der Waals surface area contributed by atoms with Crippen molar-refractivity contribution in [1.82, 2.24) is 10.3 Å². The molecule has 1 aromatic heterocycles. The lowest BCUT2D eigenvalue weighted by molar-refractivity contribution is 0.0755. The molecule has 5 heteroatoms. The van der Waals surface area contributed by atoms with Gasteiger partial charge < -0.3 is 16.0 Å². The summed E-state index contributed by atoms with van der Waals surface area (Å²) < 4.78 is 0. The molecular weight excluding hydrogens is 274 g/mol. The summed E-state index contributed by atoms with van der Waals surface area (Å²) in [7, 11) is 0. The largest absolute Gasteiger partial charge is 0.365 e. The van der Waals surface area contributed by atoms with Crippen LogP contribution in [0, 0.1) is 18.8 Å². The van der Waals surface area contributed by atoms with E-state index in [2.05, 4.69) is 10.3 Å². The zero-order chi connectivity index (χ0) is 13.4. The van der Waals surface area contributed by atoms with Crippen molar-refractivity contribution in [2.45, 2.75) is 51.1 Å². The van der Waals surface area contributed by atoms with Gasteiger partial charge in [0.05, 0.1) is 5.56 Å². The fraction of sp³-hybridized carbons (Fsp3) is 0.667. The summed E-state index contributed by atoms with van der Waals surface area (Å²) in [6.07, 6.45) is 7.66. The van der Waals surface area contributed by atoms with E-state index in [1.165, 1.54) is 19.3 Å². The van der Waals surface area contributed by atoms with E-state index < -0.39 is 0 Å². The molecule has 0 saturated heterocycles. The molecule has 4 nitrogen and oxygen atoms in total. The highest BCUT2D eigenvalue weighted by Gasteiger charge is 2.40. The van der Waals surface area contributed by atoms with Gasteiger partial charge in [0.25, 0.3) is 5.91 Å². The summed E-state index contributed by atoms with van der Waals surface area (Å²) in [5.74, 6) is 1.22. The zero-order valence-electron chi connectivity index (χ0n) is 11.9. The molecule has 2 bridgehead atoms. The van der Waals surface area contributed by atoms with Gasteiger partial charge in [-0.3, -0.25) is 4.79 Å². The second kappa shape index (κ2) is 6.19. The van der Waals surface area contributed by atoms with Gasteiger partial charge in [0, 0.05) is 24.0 Å². The van der Waals surface area contributed by atoms with Crippen molar-refractivity contribution in [2.75, 3.05) is 0 Å². The number of aromatic amines is 1. The molecule has 2 aliphatic carbocycles. The summed E-state index contributed by atoms with van der Waals surface area (Å²) in [5.41, 5.74) is 7.83. The van der Waals surface area contributed by atoms with Gasteiger partial charge in [-0.25, -0.2) is 0 Å². The van der Waals surface area contributed by atoms with Crippen LogP contribution in [-0.4, -0.2) is 23.0 Å². The van der Waals surface area contributed by atoms with Crippen molar-refractivity contribution in [1.29, 1.82) is 0 Å². The maximum atomic E-state index is 12.3. The molecule has 0 spiro atoms. The Labute approximate surface area is 126 Å². The molecular formula is C15H24ClN3O. The van der Waals surface area contributed by atoms with Crippen LogP contribution in [0.25, 0.3) is 0 Å². The number of rotatable bonds is 2. The van der Waals surface area contributed by atoms with Crippen LogP contribution >= 0.6 is 12.4 Å². The quantitative estimate of drug-likeness (QED) is 0.784. The third-order valence-electron chi connectivity index (χ3n) is 4.87. The molecule has 3 rings (SSSR count). The summed E-state index contributed by atoms with van der Waals surface area (Å²) in [4.78, 5) is 15.4. The lowest BCUT2D eigenvalue weighted by Gasteiger charge is -2.45. The minimum absolute atomic E-state index is 0. The first kappa shape index (κ1) is 15.4. The molecule has 1 amide bonds. The van der Waals surface area contributed by atoms with E-state index in [9.17, 15) is 4.79 Å². The third-order valence-corrected chi connectivity index (χ3v) is 4.87. The maximum absolute atomic E-state index is 12.3. The monoisotopic (exact) mass is 297 g/mol. The molecule has 0 radical (unpaired) electrons. The molecule has 20 heavy (non-hydrogen) atoms. The van der Waals surface area contributed by atoms with Crippen molar-refractivity contribution in [2.24, 2.45) is 17.6 Å². The standard InChI is InChI=1S/C15H23N3O.ClH/c1-9-13(5-6-17-9)15(19)18-14-10-3-2-4-11(14)8-12(16)7-10;/h5-6,10-12,14,17H,2-4,7-8,16H2,1H3,(H,18,19);1H. The Balaban J connectivity index is 0.00000147. The number of H-pyrrole nitrogens is 1. The number of hydrogen-bond donors (Lipinski definition) is 3. The van der Waals surface area contributed by atoms with Crippen molar-refractivity contribution in [3.8, 4) is 0 Å². The average Bonchev–Trinajstić information content (AvgIpc) is 2.76. The van der Waals surface area contributed by atoms with Crippen LogP contribution < -0.4 is 11.1 Å². The molecule has 2 unspecified atom stereocenters. The van der Waals surface area contributed by atoms with Gasteiger partial charge in [0.2, 0.25) is 0 Å². The van der Waals surface area contributed by atoms with E-state index in [-0.39, 0.29) is 18.3 Å². The molecule has 2 fully saturated rings. The van der Waals surface area contributed by atoms with E-state index in [1.54, 1.807) is 0 Å². The van der Waals surface area contributed by atoms with Crippen LogP contribution in [0.15, 0.2) is 12.3 Å². The molecule has 4 N–H and O–H groups in total. The van der Waals surface area contributed by atoms with E-state index in [0.717, 1.165) is 24.1 Å². The first-order valence-corrected chi connectivity index (χ1v) is 7.35. The second-order valence-corrected chi connectivity index (χ2v) is 6.20. The number of hydrogen-bond acceptors (Lipinski definition) is 2. The number of fused-ring (bicyclic) bond motifs is 2. The van der Waals surface area contributed by atoms with E-state index in [1.807, 2.05) is 19.2 Å². The van der Waals surface area contributed by atoms with Gasteiger partial charge >= 0.3 is 0 Å². The number of aromatic nitrogens is 1. The first-order chi connectivity index (χ1) is 9.15. The lowest BCUT2D eigenvalue weighted by atomic mass is 9.67. The fourth-order valence-electron chi connectivity index (χ4n) is 3.95. The summed E-state index contributed by atoms with van der Waals surface area (Å²) in [6.45, 7) is 1.94. The van der Waals surface area contributed by atoms with Gasteiger partial charge in [0.1, 0.15) is 0 Å². The minimum Gasteiger partial charge on any atom is -0.365 e. The van der Waals surface area contributed by atoms with Crippen LogP contribution in [0.4, 0.5) is 0 Å². The Bertz CT molecular complexity index is 459. The number of aryl methyl sites for hydroxylation is 1. The van der Waals surface area contributed by atoms with Gasteiger partial charge in [-0.05, 0) is 50.5 Å². The minimum atomic E-state index is 0. The molecule has 2 aliphatic rings. The van der Waals surface area contributed by atoms with Crippen LogP contribution in [0.2, 0.25) is 0 Å². The number of carbonyl (C=O) groups is 1. The predicted molar refractivity (Wildman–Crippen MR) is 82.1 cm³/mol. The van der Waals surface area contributed by atoms with Crippen LogP contribution in [-0.2, 0) is 0 Å². The normalized spacial score (nSPS) is 32.3. The Kier molecular flexibility index (Phi) is 4.76. The lowest BCUT2D eigenvalue weighted by Crippen LogP contribution is -2.53. The van der Waals surface area contributed by atoms with Crippen LogP contribution in [0.1, 0.15) is 48.2 Å². The predicted octanol–water partition coefficient (Wildman–Crippen LogP) is 2.38. The van der Waals surface area contributed by atoms with Gasteiger partial charge in [-0.15, -0.1) is 12.4 Å². The van der Waals surface area contributed by atoms with Crippen molar-refractivity contribution in [3.05, 3.63) is 23.5 Å². The number of nitrogens with one attached hydrogen (secondary N) is 2. The number of nitrogens with two attached hydrogens (primary N) is 1. The topological polar surface area (TPSA) is 70.9 Å². The fourth-order valence-corrected chi connectivity index (χ4v) is 3.95. The van der Waals surface area contributed by atoms with Crippen molar-refractivity contribution in [3.63, 3.8) is 0 Å². The summed E-state index contributed by atoms with van der Waals surface area (Å²) in [6, 6.07) is 2.52. The number of carbonyl (C=O) groups excluding carboxylic acids is 1. The van der Waals surface area contributed by atoms with E-state index in [0.29, 0.717) is 23.9 Å². The molecule has 2 atom stereocenters. The molecule has 2 saturated carbocycles. The van der Waals surface area contributed by atoms with Gasteiger partial charge in [-0.1, -0.05) is 6.42 Å². The average molecular weight is 298 g/mol. The molecule has 1 heterocycles. The second-order valence-electron chi connectivity index (χ2n) is 6.20. The molecule has 0 aliphatic heterocycles. The smallest absolute Gasteiger partial charge is 0.253 e. The van der Waals surface area contributed by atoms with Crippen molar-refractivity contribution >= 4 is 18.3 Å². The number of amides is 1. The highest BCUT2D eigenvalue weighted by Crippen LogP contribution is 2.39. The van der Waals surface area contributed by atoms with E-state index >= 15 is 0 Å². The van der Waals surface area contributed by atoms with Gasteiger partial charge in [-0.2, -0.15) is 0 Å². The molecule has 112 valence electrons. The third kappa shape index (κ3) is 2.86. The van der Waals surface area contributed by atoms with Gasteiger partial charge in [0.15, 0.2) is 0 Å². The summed E-state index contributed by atoms with van der Waals surface area (Å²) in [5, 5.41) is 3.27. The highest BCUT2D eigenvalue weighted by molar-refractivity contribution is 5.95. The molecule has 0 aromatic carbocycles. The molecule has 1 aromatic rings. The SMILES string of the molecule is Cc1[nH]ccc1C(=O)NC1C2CCCC1CC(N)C2.Cl. The van der Waals surface area contributed by atoms with Crippen LogP contribution in [0.5, 0.6) is 0 Å². The Morgan fingerprint density at radius 3 is 2.55 bits per heavy atom. The van der Waals surface area contributed by atoms with Crippen molar-refractivity contribution < 1.29 is 4.79 Å². The number of halogens is 1. The first-order valence-electron chi connectivity index (χ1n) is 7.35. The highest BCUT2D eigenvalue weighted by atomic mass is 35.5. The van der Waals surface area contributed by atoms with E-state index in [4.69, 9.17) is 5.73 Å². The Hall–Kier alpha value is -1.00. The summed E-state index contributed by atoms with van der Waals surface area (Å²) >= 11 is 0. The Morgan fingerprint density at radius 2 is 2.00 bits per heavy atom. The Morgan fingerprint density at radius 1 is 1.35 bits per heavy atom.